The molecule has 0 radical (unpaired) electrons. The summed E-state index contributed by atoms with van der Waals surface area (Å²) in [5.74, 6) is 0. The van der Waals surface area contributed by atoms with Crippen molar-refractivity contribution in [2.45, 2.75) is 13.8 Å². The molecule has 6 heteroatoms. The summed E-state index contributed by atoms with van der Waals surface area (Å²) >= 11 is 24.4. The van der Waals surface area contributed by atoms with Crippen LogP contribution in [0.5, 0.6) is 0 Å². The van der Waals surface area contributed by atoms with Gasteiger partial charge in [-0.2, -0.15) is 5.70 Å². The van der Waals surface area contributed by atoms with Crippen molar-refractivity contribution in [3.8, 4) is 0 Å². The van der Waals surface area contributed by atoms with Gasteiger partial charge in [-0.15, -0.1) is 0 Å². The van der Waals surface area contributed by atoms with Crippen LogP contribution in [0.15, 0.2) is 53.2 Å². The number of aliphatic imine (C=N–C) groups is 1. The second-order valence-corrected chi connectivity index (χ2v) is 6.42. The maximum Gasteiger partial charge on any atom is 0.100 e. The van der Waals surface area contributed by atoms with Gasteiger partial charge in [-0.3, -0.25) is 4.99 Å². The highest BCUT2D eigenvalue weighted by atomic mass is 35.5. The predicted octanol–water partition coefficient (Wildman–Crippen LogP) is 8.00. The number of nitrogens with zero attached hydrogens (tertiary/aromatic N) is 2. The summed E-state index contributed by atoms with van der Waals surface area (Å²) in [4.78, 5) is 4.43. The zero-order chi connectivity index (χ0) is 17.0. The van der Waals surface area contributed by atoms with Gasteiger partial charge in [-0.1, -0.05) is 77.2 Å². The largest absolute Gasteiger partial charge is 0.659 e. The van der Waals surface area contributed by atoms with Gasteiger partial charge in [0.05, 0.1) is 10.0 Å². The average Bonchev–Trinajstić information content (AvgIpc) is 2.47. The van der Waals surface area contributed by atoms with Gasteiger partial charge in [-0.25, -0.2) is 0 Å². The van der Waals surface area contributed by atoms with Gasteiger partial charge >= 0.3 is 0 Å². The maximum absolute atomic E-state index is 6.11. The molecule has 2 aromatic rings. The van der Waals surface area contributed by atoms with E-state index in [2.05, 4.69) is 10.3 Å². The van der Waals surface area contributed by atoms with Crippen LogP contribution < -0.4 is 0 Å². The fourth-order valence-electron chi connectivity index (χ4n) is 1.91. The Labute approximate surface area is 155 Å². The Balaban J connectivity index is 2.25. The quantitative estimate of drug-likeness (QED) is 0.475. The lowest BCUT2D eigenvalue weighted by Gasteiger charge is -2.25. The van der Waals surface area contributed by atoms with Crippen LogP contribution in [0.2, 0.25) is 20.1 Å². The summed E-state index contributed by atoms with van der Waals surface area (Å²) in [7, 11) is 0. The minimum atomic E-state index is 0.494. The minimum Gasteiger partial charge on any atom is -0.659 e. The van der Waals surface area contributed by atoms with Crippen molar-refractivity contribution in [3.05, 3.63) is 73.6 Å². The van der Waals surface area contributed by atoms with Gasteiger partial charge in [0.2, 0.25) is 0 Å². The summed E-state index contributed by atoms with van der Waals surface area (Å²) in [6.45, 7) is 3.68. The van der Waals surface area contributed by atoms with Gasteiger partial charge in [0.15, 0.2) is 0 Å². The van der Waals surface area contributed by atoms with Crippen molar-refractivity contribution in [1.82, 2.24) is 0 Å². The topological polar surface area (TPSA) is 26.5 Å². The molecule has 2 rings (SSSR count). The highest BCUT2D eigenvalue weighted by Crippen LogP contribution is 2.38. The molecule has 2 nitrogen and oxygen atoms in total. The van der Waals surface area contributed by atoms with Gasteiger partial charge in [0.25, 0.3) is 0 Å². The lowest BCUT2D eigenvalue weighted by molar-refractivity contribution is 1.44. The zero-order valence-electron chi connectivity index (χ0n) is 12.4. The van der Waals surface area contributed by atoms with E-state index in [1.165, 1.54) is 0 Å². The van der Waals surface area contributed by atoms with E-state index in [1.54, 1.807) is 42.5 Å². The smallest absolute Gasteiger partial charge is 0.100 e. The standard InChI is InChI=1S/C17H13Cl4N2/c1-10(22-16-12(18)5-3-6-13(16)19)9-11(2)23-17-14(20)7-4-8-15(17)21/h3-9H,1-2H3/q-1/b10-9-,23-11?. The summed E-state index contributed by atoms with van der Waals surface area (Å²) in [6, 6.07) is 10.5. The first-order valence-corrected chi connectivity index (χ1v) is 8.23. The number of benzene rings is 2. The van der Waals surface area contributed by atoms with Gasteiger partial charge in [0, 0.05) is 15.8 Å². The molecule has 0 saturated carbocycles. The molecule has 0 atom stereocenters. The zero-order valence-corrected chi connectivity index (χ0v) is 15.5. The summed E-state index contributed by atoms with van der Waals surface area (Å²) in [6.07, 6.45) is 1.80. The van der Waals surface area contributed by atoms with E-state index in [0.29, 0.717) is 42.9 Å². The average molecular weight is 387 g/mol. The highest BCUT2D eigenvalue weighted by molar-refractivity contribution is 6.40. The van der Waals surface area contributed by atoms with Crippen molar-refractivity contribution >= 4 is 63.5 Å². The Kier molecular flexibility index (Phi) is 6.37. The third-order valence-corrected chi connectivity index (χ3v) is 4.09. The summed E-state index contributed by atoms with van der Waals surface area (Å²) in [5.41, 5.74) is 2.50. The van der Waals surface area contributed by atoms with E-state index >= 15 is 0 Å². The molecular formula is C17H13Cl4N2-. The second kappa shape index (κ2) is 8.07. The summed E-state index contributed by atoms with van der Waals surface area (Å²) < 4.78 is 0. The van der Waals surface area contributed by atoms with Crippen LogP contribution in [0.4, 0.5) is 11.4 Å². The Morgan fingerprint density at radius 1 is 0.870 bits per heavy atom. The van der Waals surface area contributed by atoms with Crippen molar-refractivity contribution < 1.29 is 0 Å². The van der Waals surface area contributed by atoms with E-state index in [1.807, 2.05) is 13.8 Å². The molecule has 0 aliphatic carbocycles. The fourth-order valence-corrected chi connectivity index (χ4v) is 2.88. The van der Waals surface area contributed by atoms with Crippen molar-refractivity contribution in [3.63, 3.8) is 0 Å². The molecule has 120 valence electrons. The molecule has 0 spiro atoms. The number of hydrogen-bond acceptors (Lipinski definition) is 1. The first-order valence-electron chi connectivity index (χ1n) is 6.72. The Hall–Kier alpha value is -1.19. The molecule has 0 aliphatic heterocycles. The first-order chi connectivity index (χ1) is 10.9. The normalized spacial score (nSPS) is 12.4. The van der Waals surface area contributed by atoms with Crippen LogP contribution >= 0.6 is 46.4 Å². The third-order valence-electron chi connectivity index (χ3n) is 2.87. The molecule has 0 unspecified atom stereocenters. The monoisotopic (exact) mass is 385 g/mol. The van der Waals surface area contributed by atoms with E-state index in [-0.39, 0.29) is 0 Å². The predicted molar refractivity (Wildman–Crippen MR) is 102 cm³/mol. The number of allylic oxidation sites excluding steroid dienone is 2. The van der Waals surface area contributed by atoms with Crippen molar-refractivity contribution in [1.29, 1.82) is 0 Å². The SMILES string of the molecule is CC(/C=C(/C)[N-]c1c(Cl)cccc1Cl)=Nc1c(Cl)cccc1Cl. The Bertz CT molecular complexity index is 742. The molecule has 0 N–H and O–H groups in total. The summed E-state index contributed by atoms with van der Waals surface area (Å²) in [5, 5.41) is 6.41. The number of rotatable bonds is 4. The molecule has 0 amide bonds. The van der Waals surface area contributed by atoms with Crippen LogP contribution in [0, 0.1) is 0 Å². The fraction of sp³-hybridized carbons (Fsp3) is 0.118. The van der Waals surface area contributed by atoms with E-state index in [9.17, 15) is 0 Å². The van der Waals surface area contributed by atoms with Crippen LogP contribution in [0.1, 0.15) is 13.8 Å². The molecule has 0 heterocycles. The Morgan fingerprint density at radius 3 is 1.87 bits per heavy atom. The number of hydrogen-bond donors (Lipinski definition) is 0. The lowest BCUT2D eigenvalue weighted by Crippen LogP contribution is -1.87. The van der Waals surface area contributed by atoms with Crippen LogP contribution in [-0.4, -0.2) is 5.71 Å². The molecular weight excluding hydrogens is 374 g/mol. The van der Waals surface area contributed by atoms with Crippen molar-refractivity contribution in [2.24, 2.45) is 4.99 Å². The minimum absolute atomic E-state index is 0.494. The number of halogens is 4. The Morgan fingerprint density at radius 2 is 1.35 bits per heavy atom. The van der Waals surface area contributed by atoms with Crippen LogP contribution in [0.25, 0.3) is 5.32 Å². The molecule has 23 heavy (non-hydrogen) atoms. The molecule has 0 aliphatic rings. The van der Waals surface area contributed by atoms with Crippen LogP contribution in [-0.2, 0) is 0 Å². The van der Waals surface area contributed by atoms with Crippen molar-refractivity contribution in [2.75, 3.05) is 0 Å². The molecule has 0 aromatic heterocycles. The molecule has 0 saturated heterocycles. The molecule has 0 bridgehead atoms. The lowest BCUT2D eigenvalue weighted by atomic mass is 10.2. The maximum atomic E-state index is 6.11. The molecule has 0 fully saturated rings. The van der Waals surface area contributed by atoms with Gasteiger partial charge < -0.3 is 5.32 Å². The number of para-hydroxylation sites is 2. The van der Waals surface area contributed by atoms with E-state index in [0.717, 1.165) is 0 Å². The van der Waals surface area contributed by atoms with Crippen LogP contribution in [0.3, 0.4) is 0 Å². The third kappa shape index (κ3) is 4.89. The van der Waals surface area contributed by atoms with E-state index in [4.69, 9.17) is 46.4 Å². The van der Waals surface area contributed by atoms with Gasteiger partial charge in [-0.05, 0) is 31.2 Å². The second-order valence-electron chi connectivity index (χ2n) is 4.79. The van der Waals surface area contributed by atoms with Gasteiger partial charge in [0.1, 0.15) is 5.69 Å². The molecule has 2 aromatic carbocycles. The first kappa shape index (κ1) is 18.2. The van der Waals surface area contributed by atoms with E-state index < -0.39 is 0 Å². The highest BCUT2D eigenvalue weighted by Gasteiger charge is 2.03.